The van der Waals surface area contributed by atoms with Crippen molar-refractivity contribution in [1.82, 2.24) is 14.6 Å². The van der Waals surface area contributed by atoms with E-state index in [1.807, 2.05) is 19.1 Å². The van der Waals surface area contributed by atoms with Gasteiger partial charge in [0.15, 0.2) is 0 Å². The van der Waals surface area contributed by atoms with Gasteiger partial charge < -0.3 is 10.2 Å². The number of rotatable bonds is 6. The number of piperidine rings is 1. The highest BCUT2D eigenvalue weighted by atomic mass is 32.2. The van der Waals surface area contributed by atoms with Gasteiger partial charge in [-0.05, 0) is 74.9 Å². The van der Waals surface area contributed by atoms with E-state index in [4.69, 9.17) is 0 Å². The molecule has 0 atom stereocenters. The van der Waals surface area contributed by atoms with E-state index < -0.39 is 10.0 Å². The number of anilines is 1. The average Bonchev–Trinajstić information content (AvgIpc) is 3.57. The summed E-state index contributed by atoms with van der Waals surface area (Å²) in [5, 5.41) is 2.85. The lowest BCUT2D eigenvalue weighted by molar-refractivity contribution is -0.121. The second kappa shape index (κ2) is 8.99. The largest absolute Gasteiger partial charge is 0.339 e. The van der Waals surface area contributed by atoms with Crippen LogP contribution in [0.2, 0.25) is 0 Å². The van der Waals surface area contributed by atoms with Gasteiger partial charge in [-0.25, -0.2) is 18.1 Å². The monoisotopic (exact) mass is 456 g/mol. The molecular weight excluding hydrogens is 428 g/mol. The van der Waals surface area contributed by atoms with E-state index in [1.165, 1.54) is 12.1 Å². The summed E-state index contributed by atoms with van der Waals surface area (Å²) in [6.45, 7) is 4.61. The number of benzene rings is 1. The smallest absolute Gasteiger partial charge is 0.254 e. The molecule has 0 bridgehead atoms. The minimum Gasteiger partial charge on any atom is -0.339 e. The van der Waals surface area contributed by atoms with Gasteiger partial charge in [0.25, 0.3) is 5.91 Å². The highest BCUT2D eigenvalue weighted by Crippen LogP contribution is 2.25. The predicted molar refractivity (Wildman–Crippen MR) is 121 cm³/mol. The molecule has 0 spiro atoms. The summed E-state index contributed by atoms with van der Waals surface area (Å²) in [7, 11) is -3.63. The third-order valence-corrected chi connectivity index (χ3v) is 7.49. The lowest BCUT2D eigenvalue weighted by atomic mass is 9.95. The molecule has 1 saturated heterocycles. The van der Waals surface area contributed by atoms with Crippen LogP contribution in [0, 0.1) is 19.8 Å². The molecule has 1 aliphatic carbocycles. The molecule has 1 aliphatic heterocycles. The van der Waals surface area contributed by atoms with Crippen molar-refractivity contribution in [2.75, 3.05) is 18.4 Å². The van der Waals surface area contributed by atoms with Gasteiger partial charge in [-0.1, -0.05) is 6.07 Å². The molecule has 2 heterocycles. The van der Waals surface area contributed by atoms with Crippen LogP contribution in [-0.2, 0) is 14.8 Å². The van der Waals surface area contributed by atoms with Gasteiger partial charge >= 0.3 is 0 Å². The number of hydrogen-bond donors (Lipinski definition) is 2. The van der Waals surface area contributed by atoms with Crippen LogP contribution < -0.4 is 10.0 Å². The number of nitrogens with one attached hydrogen (secondary N) is 2. The Hall–Kier alpha value is -2.78. The molecule has 2 amide bonds. The molecule has 2 fully saturated rings. The summed E-state index contributed by atoms with van der Waals surface area (Å²) in [6.07, 6.45) is 4.44. The van der Waals surface area contributed by atoms with Crippen molar-refractivity contribution in [3.8, 4) is 0 Å². The number of likely N-dealkylation sites (tertiary alicyclic amines) is 1. The maximum Gasteiger partial charge on any atom is 0.254 e. The molecule has 1 saturated carbocycles. The standard InChI is InChI=1S/C23H28N4O4S/c1-15-7-10-24-21(13-15)25-22(28)17-8-11-27(12-9-17)23(29)20-14-19(6-3-16(20)2)32(30,31)26-18-4-5-18/h3,6-7,10,13-14,17-18,26H,4-5,8-9,11-12H2,1-2H3,(H,24,25,28). The Kier molecular flexibility index (Phi) is 6.30. The van der Waals surface area contributed by atoms with Crippen molar-refractivity contribution in [2.45, 2.75) is 50.5 Å². The molecule has 2 aromatic rings. The van der Waals surface area contributed by atoms with Gasteiger partial charge in [0.1, 0.15) is 5.82 Å². The van der Waals surface area contributed by atoms with Crippen LogP contribution in [0.1, 0.15) is 47.2 Å². The summed E-state index contributed by atoms with van der Waals surface area (Å²) < 4.78 is 27.7. The molecule has 0 unspecified atom stereocenters. The number of carbonyl (C=O) groups excluding carboxylic acids is 2. The number of nitrogens with zero attached hydrogens (tertiary/aromatic N) is 2. The van der Waals surface area contributed by atoms with Gasteiger partial charge in [-0.15, -0.1) is 0 Å². The lowest BCUT2D eigenvalue weighted by Gasteiger charge is -2.31. The molecule has 32 heavy (non-hydrogen) atoms. The Bertz CT molecular complexity index is 1140. The molecule has 4 rings (SSSR count). The van der Waals surface area contributed by atoms with Crippen molar-refractivity contribution >= 4 is 27.7 Å². The summed E-state index contributed by atoms with van der Waals surface area (Å²) in [6, 6.07) is 8.35. The topological polar surface area (TPSA) is 108 Å². The van der Waals surface area contributed by atoms with Gasteiger partial charge in [-0.2, -0.15) is 0 Å². The van der Waals surface area contributed by atoms with E-state index in [0.717, 1.165) is 24.0 Å². The highest BCUT2D eigenvalue weighted by Gasteiger charge is 2.31. The Morgan fingerprint density at radius 1 is 1.03 bits per heavy atom. The fourth-order valence-corrected chi connectivity index (χ4v) is 5.17. The van der Waals surface area contributed by atoms with Gasteiger partial charge in [0.05, 0.1) is 4.90 Å². The second-order valence-electron chi connectivity index (χ2n) is 8.65. The van der Waals surface area contributed by atoms with Crippen molar-refractivity contribution in [3.63, 3.8) is 0 Å². The fraction of sp³-hybridized carbons (Fsp3) is 0.435. The Morgan fingerprint density at radius 3 is 2.41 bits per heavy atom. The Labute approximate surface area is 188 Å². The van der Waals surface area contributed by atoms with Crippen molar-refractivity contribution in [2.24, 2.45) is 5.92 Å². The molecule has 1 aromatic carbocycles. The normalized spacial score (nSPS) is 17.2. The second-order valence-corrected chi connectivity index (χ2v) is 10.4. The summed E-state index contributed by atoms with van der Waals surface area (Å²) in [4.78, 5) is 31.7. The first kappa shape index (κ1) is 22.4. The van der Waals surface area contributed by atoms with E-state index in [2.05, 4.69) is 15.0 Å². The molecule has 1 aromatic heterocycles. The molecule has 2 aliphatic rings. The SMILES string of the molecule is Cc1ccnc(NC(=O)C2CCN(C(=O)c3cc(S(=O)(=O)NC4CC4)ccc3C)CC2)c1. The summed E-state index contributed by atoms with van der Waals surface area (Å²) >= 11 is 0. The van der Waals surface area contributed by atoms with Crippen LogP contribution in [-0.4, -0.2) is 49.2 Å². The maximum absolute atomic E-state index is 13.1. The number of aryl methyl sites for hydroxylation is 2. The molecule has 2 N–H and O–H groups in total. The predicted octanol–water partition coefficient (Wildman–Crippen LogP) is 2.63. The van der Waals surface area contributed by atoms with Crippen molar-refractivity contribution < 1.29 is 18.0 Å². The van der Waals surface area contributed by atoms with Crippen LogP contribution in [0.3, 0.4) is 0 Å². The summed E-state index contributed by atoms with van der Waals surface area (Å²) in [5.74, 6) is 0.0367. The van der Waals surface area contributed by atoms with Crippen LogP contribution in [0.5, 0.6) is 0 Å². The van der Waals surface area contributed by atoms with E-state index >= 15 is 0 Å². The average molecular weight is 457 g/mol. The van der Waals surface area contributed by atoms with Crippen LogP contribution in [0.4, 0.5) is 5.82 Å². The first-order valence-electron chi connectivity index (χ1n) is 10.9. The fourth-order valence-electron chi connectivity index (χ4n) is 3.84. The number of pyridine rings is 1. The number of amides is 2. The van der Waals surface area contributed by atoms with E-state index in [-0.39, 0.29) is 28.7 Å². The number of carbonyl (C=O) groups is 2. The van der Waals surface area contributed by atoms with Crippen molar-refractivity contribution in [3.05, 3.63) is 53.2 Å². The van der Waals surface area contributed by atoms with Crippen LogP contribution in [0.25, 0.3) is 0 Å². The zero-order chi connectivity index (χ0) is 22.9. The quantitative estimate of drug-likeness (QED) is 0.695. The third-order valence-electron chi connectivity index (χ3n) is 5.97. The molecule has 0 radical (unpaired) electrons. The van der Waals surface area contributed by atoms with E-state index in [9.17, 15) is 18.0 Å². The Morgan fingerprint density at radius 2 is 1.75 bits per heavy atom. The summed E-state index contributed by atoms with van der Waals surface area (Å²) in [5.41, 5.74) is 2.13. The zero-order valence-corrected chi connectivity index (χ0v) is 19.1. The zero-order valence-electron chi connectivity index (χ0n) is 18.3. The lowest BCUT2D eigenvalue weighted by Crippen LogP contribution is -2.41. The van der Waals surface area contributed by atoms with Crippen LogP contribution >= 0.6 is 0 Å². The molecule has 9 heteroatoms. The van der Waals surface area contributed by atoms with E-state index in [1.54, 1.807) is 24.1 Å². The first-order valence-corrected chi connectivity index (χ1v) is 12.4. The minimum absolute atomic E-state index is 0.000583. The van der Waals surface area contributed by atoms with Crippen molar-refractivity contribution in [1.29, 1.82) is 0 Å². The molecule has 170 valence electrons. The van der Waals surface area contributed by atoms with Gasteiger partial charge in [0.2, 0.25) is 15.9 Å². The number of sulfonamides is 1. The van der Waals surface area contributed by atoms with Crippen LogP contribution in [0.15, 0.2) is 41.4 Å². The minimum atomic E-state index is -3.63. The maximum atomic E-state index is 13.1. The molecular formula is C23H28N4O4S. The molecule has 8 nitrogen and oxygen atoms in total. The third kappa shape index (κ3) is 5.16. The number of hydrogen-bond acceptors (Lipinski definition) is 5. The van der Waals surface area contributed by atoms with E-state index in [0.29, 0.717) is 37.3 Å². The van der Waals surface area contributed by atoms with Gasteiger partial charge in [-0.3, -0.25) is 9.59 Å². The Balaban J connectivity index is 1.40. The number of aromatic nitrogens is 1. The first-order chi connectivity index (χ1) is 15.2. The van der Waals surface area contributed by atoms with Gasteiger partial charge in [0, 0.05) is 36.8 Å². The highest BCUT2D eigenvalue weighted by molar-refractivity contribution is 7.89.